The first kappa shape index (κ1) is 30.1. The molecule has 0 saturated heterocycles. The summed E-state index contributed by atoms with van der Waals surface area (Å²) in [5, 5.41) is 36.2. The fraction of sp³-hybridized carbons (Fsp3) is 0.214. The first-order valence-electron chi connectivity index (χ1n) is 12.8. The van der Waals surface area contributed by atoms with Gasteiger partial charge in [-0.3, -0.25) is 20.0 Å². The van der Waals surface area contributed by atoms with E-state index < -0.39 is 11.8 Å². The predicted molar refractivity (Wildman–Crippen MR) is 160 cm³/mol. The molecule has 0 atom stereocenters. The maximum absolute atomic E-state index is 13.1. The number of rotatable bonds is 11. The van der Waals surface area contributed by atoms with Crippen molar-refractivity contribution >= 4 is 46.2 Å². The van der Waals surface area contributed by atoms with Crippen LogP contribution >= 0.6 is 11.6 Å². The number of halogens is 1. The normalized spacial score (nSPS) is 10.6. The van der Waals surface area contributed by atoms with Gasteiger partial charge in [0.05, 0.1) is 23.5 Å². The van der Waals surface area contributed by atoms with Crippen molar-refractivity contribution < 1.29 is 24.7 Å². The number of carbonyl (C=O) groups excluding carboxylic acids is 2. The molecule has 0 unspecified atom stereocenters. The van der Waals surface area contributed by atoms with E-state index in [4.69, 9.17) is 16.3 Å². The zero-order chi connectivity index (χ0) is 30.4. The van der Waals surface area contributed by atoms with Crippen molar-refractivity contribution in [2.75, 3.05) is 55.1 Å². The minimum atomic E-state index is -0.459. The van der Waals surface area contributed by atoms with E-state index in [2.05, 4.69) is 26.3 Å². The minimum Gasteiger partial charge on any atom is -0.496 e. The van der Waals surface area contributed by atoms with Crippen LogP contribution in [0.2, 0.25) is 5.02 Å². The van der Waals surface area contributed by atoms with E-state index in [1.165, 1.54) is 23.9 Å². The van der Waals surface area contributed by atoms with Crippen LogP contribution in [0.25, 0.3) is 11.3 Å². The second-order valence-corrected chi connectivity index (χ2v) is 9.73. The number of amides is 2. The summed E-state index contributed by atoms with van der Waals surface area (Å²) in [4.78, 5) is 27.9. The van der Waals surface area contributed by atoms with Crippen molar-refractivity contribution in [1.29, 1.82) is 0 Å². The van der Waals surface area contributed by atoms with E-state index in [1.807, 2.05) is 31.1 Å². The average Bonchev–Trinajstić information content (AvgIpc) is 3.37. The molecule has 3 aromatic carbocycles. The largest absolute Gasteiger partial charge is 0.496 e. The van der Waals surface area contributed by atoms with E-state index in [1.54, 1.807) is 43.4 Å². The maximum Gasteiger partial charge on any atom is 0.271 e. The van der Waals surface area contributed by atoms with E-state index in [0.717, 1.165) is 5.69 Å². The standard InChI is InChI=1S/C28H31ClN8O5/c1-35(2)18-11-9-17(10-12-18)27(38)32-22-16-21(20(29)15-23(22)37(40)41)30-13-14-31-28(39)26-25(33-34-36(26)3)19-7-5-6-8-24(19)42-4/h5-12,15-16,30,40-41H,13-14H2,1-4H3,(H,31,39)(H,32,38). The summed E-state index contributed by atoms with van der Waals surface area (Å²) < 4.78 is 6.79. The van der Waals surface area contributed by atoms with Crippen molar-refractivity contribution in [1.82, 2.24) is 20.3 Å². The third kappa shape index (κ3) is 6.71. The number of hydrogen-bond acceptors (Lipinski definition) is 10. The zero-order valence-electron chi connectivity index (χ0n) is 23.4. The highest BCUT2D eigenvalue weighted by Gasteiger charge is 2.22. The van der Waals surface area contributed by atoms with Crippen LogP contribution < -0.4 is 30.8 Å². The lowest BCUT2D eigenvalue weighted by atomic mass is 10.1. The van der Waals surface area contributed by atoms with Crippen molar-refractivity contribution in [2.24, 2.45) is 7.05 Å². The van der Waals surface area contributed by atoms with Gasteiger partial charge in [0.15, 0.2) is 5.69 Å². The number of nitrogens with one attached hydrogen (secondary N) is 3. The number of carbonyl (C=O) groups is 2. The highest BCUT2D eigenvalue weighted by Crippen LogP contribution is 2.35. The Bertz CT molecular complexity index is 1570. The van der Waals surface area contributed by atoms with E-state index in [9.17, 15) is 20.0 Å². The Labute approximate surface area is 247 Å². The summed E-state index contributed by atoms with van der Waals surface area (Å²) in [6, 6.07) is 16.9. The van der Waals surface area contributed by atoms with Gasteiger partial charge in [-0.1, -0.05) is 28.9 Å². The van der Waals surface area contributed by atoms with Crippen LogP contribution in [0.5, 0.6) is 5.75 Å². The highest BCUT2D eigenvalue weighted by molar-refractivity contribution is 6.33. The molecule has 4 aromatic rings. The van der Waals surface area contributed by atoms with Crippen molar-refractivity contribution in [3.8, 4) is 17.0 Å². The second kappa shape index (κ2) is 13.2. The van der Waals surface area contributed by atoms with Gasteiger partial charge in [-0.25, -0.2) is 4.68 Å². The number of ether oxygens (including phenoxy) is 1. The van der Waals surface area contributed by atoms with Crippen molar-refractivity contribution in [3.63, 3.8) is 0 Å². The molecular weight excluding hydrogens is 564 g/mol. The molecule has 0 bridgehead atoms. The zero-order valence-corrected chi connectivity index (χ0v) is 24.2. The molecule has 1 heterocycles. The van der Waals surface area contributed by atoms with Crippen LogP contribution in [-0.4, -0.2) is 71.5 Å². The van der Waals surface area contributed by atoms with Gasteiger partial charge in [-0.15, -0.1) is 10.3 Å². The lowest BCUT2D eigenvalue weighted by molar-refractivity contribution is 0.0295. The molecule has 0 aliphatic carbocycles. The number of aromatic nitrogens is 3. The number of anilines is 4. The summed E-state index contributed by atoms with van der Waals surface area (Å²) in [7, 11) is 6.94. The fourth-order valence-corrected chi connectivity index (χ4v) is 4.38. The van der Waals surface area contributed by atoms with Gasteiger partial charge in [0.1, 0.15) is 17.1 Å². The van der Waals surface area contributed by atoms with Gasteiger partial charge in [0.2, 0.25) is 0 Å². The number of hydrogen-bond donors (Lipinski definition) is 5. The van der Waals surface area contributed by atoms with Crippen molar-refractivity contribution in [3.05, 3.63) is 76.9 Å². The number of para-hydroxylation sites is 1. The number of aryl methyl sites for hydroxylation is 1. The Morgan fingerprint density at radius 1 is 1.00 bits per heavy atom. The molecule has 42 heavy (non-hydrogen) atoms. The van der Waals surface area contributed by atoms with Crippen LogP contribution in [0.15, 0.2) is 60.7 Å². The van der Waals surface area contributed by atoms with Crippen LogP contribution in [0.4, 0.5) is 22.7 Å². The molecule has 220 valence electrons. The van der Waals surface area contributed by atoms with Gasteiger partial charge in [0, 0.05) is 51.0 Å². The van der Waals surface area contributed by atoms with Gasteiger partial charge < -0.3 is 25.6 Å². The highest BCUT2D eigenvalue weighted by atomic mass is 35.5. The summed E-state index contributed by atoms with van der Waals surface area (Å²) in [6.07, 6.45) is 0. The molecule has 1 aromatic heterocycles. The van der Waals surface area contributed by atoms with Gasteiger partial charge >= 0.3 is 0 Å². The van der Waals surface area contributed by atoms with Crippen LogP contribution in [0.1, 0.15) is 20.8 Å². The molecule has 0 fully saturated rings. The van der Waals surface area contributed by atoms with Crippen molar-refractivity contribution in [2.45, 2.75) is 0 Å². The Hall–Kier alpha value is -4.85. The second-order valence-electron chi connectivity index (χ2n) is 9.33. The number of nitrogens with zero attached hydrogens (tertiary/aromatic N) is 5. The SMILES string of the molecule is COc1ccccc1-c1nnn(C)c1C(=O)NCCNc1cc(NC(=O)c2ccc(N(C)C)cc2)c(N(O)O)cc1Cl. The molecule has 2 amide bonds. The number of benzene rings is 3. The Morgan fingerprint density at radius 3 is 2.38 bits per heavy atom. The quantitative estimate of drug-likeness (QED) is 0.127. The fourth-order valence-electron chi connectivity index (χ4n) is 4.16. The van der Waals surface area contributed by atoms with Gasteiger partial charge in [-0.05, 0) is 48.5 Å². The van der Waals surface area contributed by atoms with E-state index in [-0.39, 0.29) is 40.4 Å². The molecule has 0 radical (unpaired) electrons. The van der Waals surface area contributed by atoms with E-state index >= 15 is 0 Å². The molecule has 0 spiro atoms. The smallest absolute Gasteiger partial charge is 0.271 e. The summed E-state index contributed by atoms with van der Waals surface area (Å²) in [6.45, 7) is 0.445. The monoisotopic (exact) mass is 594 g/mol. The van der Waals surface area contributed by atoms with Gasteiger partial charge in [0.25, 0.3) is 11.8 Å². The molecule has 0 aliphatic heterocycles. The Kier molecular flexibility index (Phi) is 9.47. The third-order valence-electron chi connectivity index (χ3n) is 6.32. The molecule has 13 nitrogen and oxygen atoms in total. The maximum atomic E-state index is 13.1. The first-order chi connectivity index (χ1) is 20.1. The van der Waals surface area contributed by atoms with Crippen LogP contribution in [0.3, 0.4) is 0 Å². The Balaban J connectivity index is 1.44. The summed E-state index contributed by atoms with van der Waals surface area (Å²) >= 11 is 6.36. The number of methoxy groups -OCH3 is 1. The molecule has 0 saturated carbocycles. The van der Waals surface area contributed by atoms with Gasteiger partial charge in [-0.2, -0.15) is 0 Å². The molecule has 4 rings (SSSR count). The average molecular weight is 595 g/mol. The summed E-state index contributed by atoms with van der Waals surface area (Å²) in [5.74, 6) is -0.291. The summed E-state index contributed by atoms with van der Waals surface area (Å²) in [5.41, 5.74) is 2.93. The van der Waals surface area contributed by atoms with E-state index in [0.29, 0.717) is 28.3 Å². The molecule has 0 aliphatic rings. The van der Waals surface area contributed by atoms with Crippen LogP contribution in [0, 0.1) is 0 Å². The van der Waals surface area contributed by atoms with Crippen LogP contribution in [-0.2, 0) is 7.05 Å². The molecule has 14 heteroatoms. The lowest BCUT2D eigenvalue weighted by Gasteiger charge is -2.18. The predicted octanol–water partition coefficient (Wildman–Crippen LogP) is 3.89. The first-order valence-corrected chi connectivity index (χ1v) is 13.1. The topological polar surface area (TPSA) is 157 Å². The third-order valence-corrected chi connectivity index (χ3v) is 6.64. The molecular formula is C28H31ClN8O5. The Morgan fingerprint density at radius 2 is 1.71 bits per heavy atom. The lowest BCUT2D eigenvalue weighted by Crippen LogP contribution is -2.30. The minimum absolute atomic E-state index is 0.0973. The molecule has 5 N–H and O–H groups in total.